The number of carbonyl (C=O) groups excluding carboxylic acids is 2. The Morgan fingerprint density at radius 1 is 1.52 bits per heavy atom. The summed E-state index contributed by atoms with van der Waals surface area (Å²) in [6.07, 6.45) is -1.36. The third-order valence-corrected chi connectivity index (χ3v) is 3.19. The fourth-order valence-corrected chi connectivity index (χ4v) is 2.37. The SMILES string of the molecule is CC(C)CN(CC(N)=O)c1cc2c(cc1F)C(O)C(=O)N2. The molecule has 4 N–H and O–H groups in total. The number of anilines is 2. The Labute approximate surface area is 121 Å². The van der Waals surface area contributed by atoms with Crippen LogP contribution in [0.3, 0.4) is 0 Å². The first kappa shape index (κ1) is 15.2. The van der Waals surface area contributed by atoms with Crippen molar-refractivity contribution in [3.8, 4) is 0 Å². The molecule has 114 valence electrons. The lowest BCUT2D eigenvalue weighted by Gasteiger charge is -2.26. The van der Waals surface area contributed by atoms with Crippen LogP contribution in [0.25, 0.3) is 0 Å². The number of nitrogens with zero attached hydrogens (tertiary/aromatic N) is 1. The number of primary amides is 1. The van der Waals surface area contributed by atoms with Crippen LogP contribution in [-0.4, -0.2) is 30.0 Å². The molecule has 1 heterocycles. The molecule has 21 heavy (non-hydrogen) atoms. The Bertz CT molecular complexity index is 589. The minimum Gasteiger partial charge on any atom is -0.378 e. The number of hydrogen-bond acceptors (Lipinski definition) is 4. The first-order chi connectivity index (χ1) is 9.79. The molecule has 1 aromatic rings. The molecule has 0 aromatic heterocycles. The topological polar surface area (TPSA) is 95.7 Å². The van der Waals surface area contributed by atoms with Crippen LogP contribution in [-0.2, 0) is 9.59 Å². The quantitative estimate of drug-likeness (QED) is 0.747. The standard InChI is InChI=1S/C14H18FN3O3/c1-7(2)5-18(6-12(16)19)11-4-10-8(3-9(11)15)13(20)14(21)17-10/h3-4,7,13,20H,5-6H2,1-2H3,(H2,16,19)(H,17,21). The highest BCUT2D eigenvalue weighted by molar-refractivity contribution is 6.02. The lowest BCUT2D eigenvalue weighted by atomic mass is 10.1. The van der Waals surface area contributed by atoms with E-state index in [-0.39, 0.29) is 23.7 Å². The summed E-state index contributed by atoms with van der Waals surface area (Å²) in [6, 6.07) is 2.53. The van der Waals surface area contributed by atoms with Gasteiger partial charge in [-0.05, 0) is 18.1 Å². The highest BCUT2D eigenvalue weighted by Crippen LogP contribution is 2.36. The van der Waals surface area contributed by atoms with Crippen molar-refractivity contribution < 1.29 is 19.1 Å². The van der Waals surface area contributed by atoms with Crippen LogP contribution in [0.5, 0.6) is 0 Å². The van der Waals surface area contributed by atoms with E-state index in [9.17, 15) is 19.1 Å². The normalized spacial score (nSPS) is 16.8. The van der Waals surface area contributed by atoms with Crippen molar-refractivity contribution in [2.75, 3.05) is 23.3 Å². The molecule has 6 nitrogen and oxygen atoms in total. The number of aliphatic hydroxyl groups excluding tert-OH is 1. The van der Waals surface area contributed by atoms with Crippen LogP contribution in [0.4, 0.5) is 15.8 Å². The summed E-state index contributed by atoms with van der Waals surface area (Å²) in [6.45, 7) is 4.19. The summed E-state index contributed by atoms with van der Waals surface area (Å²) in [5.74, 6) is -1.57. The molecule has 1 atom stereocenters. The molecule has 0 aliphatic carbocycles. The van der Waals surface area contributed by atoms with E-state index in [1.165, 1.54) is 11.0 Å². The molecule has 1 aliphatic heterocycles. The number of halogens is 1. The number of nitrogens with one attached hydrogen (secondary N) is 1. The average Bonchev–Trinajstić information content (AvgIpc) is 2.63. The number of benzene rings is 1. The lowest BCUT2D eigenvalue weighted by molar-refractivity contribution is -0.123. The summed E-state index contributed by atoms with van der Waals surface area (Å²) in [4.78, 5) is 24.1. The average molecular weight is 295 g/mol. The minimum atomic E-state index is -1.36. The summed E-state index contributed by atoms with van der Waals surface area (Å²) < 4.78 is 14.3. The van der Waals surface area contributed by atoms with Crippen LogP contribution < -0.4 is 16.0 Å². The van der Waals surface area contributed by atoms with Gasteiger partial charge in [0.1, 0.15) is 5.82 Å². The van der Waals surface area contributed by atoms with Gasteiger partial charge in [0.15, 0.2) is 6.10 Å². The van der Waals surface area contributed by atoms with E-state index in [0.717, 1.165) is 6.07 Å². The predicted octanol–water partition coefficient (Wildman–Crippen LogP) is 0.759. The highest BCUT2D eigenvalue weighted by atomic mass is 19.1. The molecule has 0 spiro atoms. The zero-order valence-electron chi connectivity index (χ0n) is 11.9. The Hall–Kier alpha value is -2.15. The summed E-state index contributed by atoms with van der Waals surface area (Å²) >= 11 is 0. The van der Waals surface area contributed by atoms with Crippen molar-refractivity contribution in [2.24, 2.45) is 11.7 Å². The Balaban J connectivity index is 2.40. The van der Waals surface area contributed by atoms with Crippen LogP contribution >= 0.6 is 0 Å². The van der Waals surface area contributed by atoms with Crippen molar-refractivity contribution in [3.05, 3.63) is 23.5 Å². The van der Waals surface area contributed by atoms with E-state index in [4.69, 9.17) is 5.73 Å². The van der Waals surface area contributed by atoms with E-state index >= 15 is 0 Å². The van der Waals surface area contributed by atoms with E-state index in [1.807, 2.05) is 13.8 Å². The van der Waals surface area contributed by atoms with Crippen LogP contribution in [0.15, 0.2) is 12.1 Å². The van der Waals surface area contributed by atoms with Crippen molar-refractivity contribution in [1.29, 1.82) is 0 Å². The zero-order chi connectivity index (χ0) is 15.7. The number of nitrogens with two attached hydrogens (primary N) is 1. The maximum Gasteiger partial charge on any atom is 0.257 e. The van der Waals surface area contributed by atoms with Gasteiger partial charge in [-0.2, -0.15) is 0 Å². The van der Waals surface area contributed by atoms with Crippen LogP contribution in [0.1, 0.15) is 25.5 Å². The molecule has 7 heteroatoms. The van der Waals surface area contributed by atoms with Gasteiger partial charge in [-0.1, -0.05) is 13.8 Å². The second-order valence-corrected chi connectivity index (χ2v) is 5.52. The maximum absolute atomic E-state index is 14.3. The lowest BCUT2D eigenvalue weighted by Crippen LogP contribution is -2.36. The Morgan fingerprint density at radius 2 is 2.19 bits per heavy atom. The summed E-state index contributed by atoms with van der Waals surface area (Å²) in [5, 5.41) is 12.1. The van der Waals surface area contributed by atoms with E-state index in [0.29, 0.717) is 12.2 Å². The molecule has 1 aromatic carbocycles. The van der Waals surface area contributed by atoms with E-state index < -0.39 is 23.7 Å². The molecule has 0 bridgehead atoms. The second-order valence-electron chi connectivity index (χ2n) is 5.52. The molecule has 1 unspecified atom stereocenters. The molecule has 0 fully saturated rings. The fraction of sp³-hybridized carbons (Fsp3) is 0.429. The van der Waals surface area contributed by atoms with Crippen molar-refractivity contribution in [2.45, 2.75) is 20.0 Å². The van der Waals surface area contributed by atoms with Gasteiger partial charge >= 0.3 is 0 Å². The highest BCUT2D eigenvalue weighted by Gasteiger charge is 2.31. The molecule has 0 saturated carbocycles. The zero-order valence-corrected chi connectivity index (χ0v) is 11.9. The Kier molecular flexibility index (Phi) is 4.13. The van der Waals surface area contributed by atoms with Crippen LogP contribution in [0.2, 0.25) is 0 Å². The van der Waals surface area contributed by atoms with Gasteiger partial charge in [-0.3, -0.25) is 9.59 Å². The van der Waals surface area contributed by atoms with Gasteiger partial charge in [0.2, 0.25) is 5.91 Å². The molecule has 0 radical (unpaired) electrons. The molecular weight excluding hydrogens is 277 g/mol. The monoisotopic (exact) mass is 295 g/mol. The summed E-state index contributed by atoms with van der Waals surface area (Å²) in [7, 11) is 0. The van der Waals surface area contributed by atoms with Gasteiger partial charge in [-0.25, -0.2) is 4.39 Å². The fourth-order valence-electron chi connectivity index (χ4n) is 2.37. The van der Waals surface area contributed by atoms with Gasteiger partial charge < -0.3 is 21.1 Å². The van der Waals surface area contributed by atoms with Gasteiger partial charge in [0.25, 0.3) is 5.91 Å². The van der Waals surface area contributed by atoms with Crippen molar-refractivity contribution in [1.82, 2.24) is 0 Å². The van der Waals surface area contributed by atoms with Crippen LogP contribution in [0, 0.1) is 11.7 Å². The molecule has 2 rings (SSSR count). The molecule has 1 aliphatic rings. The molecule has 2 amide bonds. The molecule has 0 saturated heterocycles. The maximum atomic E-state index is 14.3. The largest absolute Gasteiger partial charge is 0.378 e. The number of rotatable bonds is 5. The van der Waals surface area contributed by atoms with Gasteiger partial charge in [-0.15, -0.1) is 0 Å². The van der Waals surface area contributed by atoms with Crippen molar-refractivity contribution in [3.63, 3.8) is 0 Å². The summed E-state index contributed by atoms with van der Waals surface area (Å²) in [5.41, 5.74) is 5.93. The number of amides is 2. The van der Waals surface area contributed by atoms with Gasteiger partial charge in [0, 0.05) is 17.8 Å². The minimum absolute atomic E-state index is 0.121. The number of hydrogen-bond donors (Lipinski definition) is 3. The first-order valence-corrected chi connectivity index (χ1v) is 6.65. The second kappa shape index (κ2) is 5.69. The van der Waals surface area contributed by atoms with Crippen molar-refractivity contribution >= 4 is 23.2 Å². The van der Waals surface area contributed by atoms with E-state index in [2.05, 4.69) is 5.32 Å². The first-order valence-electron chi connectivity index (χ1n) is 6.65. The number of aliphatic hydroxyl groups is 1. The number of carbonyl (C=O) groups is 2. The van der Waals surface area contributed by atoms with E-state index in [1.54, 1.807) is 0 Å². The third kappa shape index (κ3) is 3.13. The van der Waals surface area contributed by atoms with Gasteiger partial charge in [0.05, 0.1) is 12.2 Å². The molecular formula is C14H18FN3O3. The predicted molar refractivity (Wildman–Crippen MR) is 76.2 cm³/mol. The smallest absolute Gasteiger partial charge is 0.257 e. The Morgan fingerprint density at radius 3 is 2.76 bits per heavy atom. The number of fused-ring (bicyclic) bond motifs is 1. The third-order valence-electron chi connectivity index (χ3n) is 3.19.